The first-order valence-corrected chi connectivity index (χ1v) is 14.9. The fourth-order valence-corrected chi connectivity index (χ4v) is 6.54. The highest BCUT2D eigenvalue weighted by atomic mass is 32.1. The van der Waals surface area contributed by atoms with Crippen LogP contribution in [0.15, 0.2) is 30.6 Å². The van der Waals surface area contributed by atoms with E-state index in [1.807, 2.05) is 13.0 Å². The average Bonchev–Trinajstić information content (AvgIpc) is 3.56. The van der Waals surface area contributed by atoms with E-state index in [9.17, 15) is 14.0 Å². The SMILES string of the molecule is CCOC(=O)C1CCN(c2cnc(C(=O)Cc3nc(-c4ccc(C)c(F)c4)c(CN4CCC[C@H]4C)s3)cn2)CC1. The quantitative estimate of drug-likeness (QED) is 0.257. The summed E-state index contributed by atoms with van der Waals surface area (Å²) in [4.78, 5) is 44.5. The normalized spacial score (nSPS) is 18.3. The highest BCUT2D eigenvalue weighted by molar-refractivity contribution is 7.12. The number of ether oxygens (including phenoxy) is 1. The number of nitrogens with zero attached hydrogens (tertiary/aromatic N) is 5. The number of halogens is 1. The van der Waals surface area contributed by atoms with E-state index in [1.165, 1.54) is 23.6 Å². The van der Waals surface area contributed by atoms with Gasteiger partial charge in [0.1, 0.15) is 22.3 Å². The Morgan fingerprint density at radius 2 is 1.93 bits per heavy atom. The van der Waals surface area contributed by atoms with Gasteiger partial charge in [-0.2, -0.15) is 0 Å². The Hall–Kier alpha value is -3.24. The molecule has 1 aromatic carbocycles. The van der Waals surface area contributed by atoms with Gasteiger partial charge in [0.15, 0.2) is 5.78 Å². The third-order valence-corrected chi connectivity index (χ3v) is 8.94. The Kier molecular flexibility index (Phi) is 8.85. The molecule has 40 heavy (non-hydrogen) atoms. The largest absolute Gasteiger partial charge is 0.466 e. The summed E-state index contributed by atoms with van der Waals surface area (Å²) in [5.74, 6) is 0.0627. The van der Waals surface area contributed by atoms with Crippen LogP contribution in [0.1, 0.15) is 65.5 Å². The van der Waals surface area contributed by atoms with Crippen LogP contribution in [-0.4, -0.2) is 63.9 Å². The van der Waals surface area contributed by atoms with Gasteiger partial charge in [0.2, 0.25) is 0 Å². The van der Waals surface area contributed by atoms with Gasteiger partial charge in [0.25, 0.3) is 0 Å². The summed E-state index contributed by atoms with van der Waals surface area (Å²) in [6.45, 7) is 9.32. The predicted molar refractivity (Wildman–Crippen MR) is 153 cm³/mol. The molecule has 0 N–H and O–H groups in total. The second kappa shape index (κ2) is 12.5. The van der Waals surface area contributed by atoms with Crippen molar-refractivity contribution >= 4 is 28.9 Å². The molecule has 212 valence electrons. The van der Waals surface area contributed by atoms with Crippen molar-refractivity contribution in [2.24, 2.45) is 5.92 Å². The molecule has 8 nitrogen and oxygen atoms in total. The second-order valence-corrected chi connectivity index (χ2v) is 11.8. The fraction of sp³-hybridized carbons (Fsp3) is 0.500. The number of hydrogen-bond acceptors (Lipinski definition) is 9. The number of esters is 1. The Bertz CT molecular complexity index is 1350. The van der Waals surface area contributed by atoms with Gasteiger partial charge < -0.3 is 9.64 Å². The summed E-state index contributed by atoms with van der Waals surface area (Å²) < 4.78 is 19.6. The zero-order valence-electron chi connectivity index (χ0n) is 23.4. The van der Waals surface area contributed by atoms with E-state index in [2.05, 4.69) is 26.7 Å². The molecule has 0 unspecified atom stereocenters. The van der Waals surface area contributed by atoms with Crippen molar-refractivity contribution in [1.29, 1.82) is 0 Å². The molecule has 5 rings (SSSR count). The van der Waals surface area contributed by atoms with Gasteiger partial charge >= 0.3 is 5.97 Å². The molecule has 0 radical (unpaired) electrons. The Morgan fingerprint density at radius 3 is 2.58 bits per heavy atom. The summed E-state index contributed by atoms with van der Waals surface area (Å²) in [5, 5.41) is 0.690. The third kappa shape index (κ3) is 6.39. The highest BCUT2D eigenvalue weighted by Gasteiger charge is 2.27. The van der Waals surface area contributed by atoms with Crippen molar-refractivity contribution in [2.45, 2.75) is 65.5 Å². The molecule has 1 atom stereocenters. The minimum Gasteiger partial charge on any atom is -0.466 e. The number of benzene rings is 1. The molecule has 2 aliphatic rings. The van der Waals surface area contributed by atoms with Gasteiger partial charge in [-0.15, -0.1) is 11.3 Å². The third-order valence-electron chi connectivity index (χ3n) is 7.90. The van der Waals surface area contributed by atoms with E-state index in [0.717, 1.165) is 42.1 Å². The lowest BCUT2D eigenvalue weighted by atomic mass is 9.97. The summed E-state index contributed by atoms with van der Waals surface area (Å²) >= 11 is 1.52. The minimum atomic E-state index is -0.260. The summed E-state index contributed by atoms with van der Waals surface area (Å²) in [6, 6.07) is 5.69. The number of Topliss-reactive ketones (excluding diaryl/α,β-unsaturated/α-hetero) is 1. The topological polar surface area (TPSA) is 88.5 Å². The lowest BCUT2D eigenvalue weighted by Gasteiger charge is -2.31. The minimum absolute atomic E-state index is 0.0804. The molecule has 2 fully saturated rings. The molecule has 2 saturated heterocycles. The standard InChI is InChI=1S/C30H36FN5O3S/c1-4-39-30(38)21-9-12-35(13-10-21)27-17-32-24(16-33-27)25(37)15-28-34-29(22-8-7-19(2)23(31)14-22)26(40-28)18-36-11-5-6-20(36)3/h7-8,14,16-17,20-21H,4-6,9-13,15,18H2,1-3H3/t20-/m1/s1. The molecular weight excluding hydrogens is 529 g/mol. The van der Waals surface area contributed by atoms with Gasteiger partial charge in [0, 0.05) is 36.1 Å². The molecule has 0 bridgehead atoms. The van der Waals surface area contributed by atoms with Gasteiger partial charge in [-0.1, -0.05) is 12.1 Å². The zero-order chi connectivity index (χ0) is 28.2. The van der Waals surface area contributed by atoms with Crippen LogP contribution in [0.4, 0.5) is 10.2 Å². The first-order chi connectivity index (χ1) is 19.3. The van der Waals surface area contributed by atoms with E-state index in [1.54, 1.807) is 19.2 Å². The van der Waals surface area contributed by atoms with Crippen LogP contribution in [0.25, 0.3) is 11.3 Å². The molecule has 3 aromatic rings. The number of aryl methyl sites for hydroxylation is 1. The Balaban J connectivity index is 1.28. The van der Waals surface area contributed by atoms with Crippen molar-refractivity contribution in [2.75, 3.05) is 31.1 Å². The molecule has 0 saturated carbocycles. The Morgan fingerprint density at radius 1 is 1.12 bits per heavy atom. The molecular formula is C30H36FN5O3S. The lowest BCUT2D eigenvalue weighted by Crippen LogP contribution is -2.37. The van der Waals surface area contributed by atoms with E-state index in [0.29, 0.717) is 55.0 Å². The molecule has 0 amide bonds. The summed E-state index contributed by atoms with van der Waals surface area (Å²) in [7, 11) is 0. The summed E-state index contributed by atoms with van der Waals surface area (Å²) in [5.41, 5.74) is 2.36. The first-order valence-electron chi connectivity index (χ1n) is 14.1. The van der Waals surface area contributed by atoms with Crippen LogP contribution >= 0.6 is 11.3 Å². The highest BCUT2D eigenvalue weighted by Crippen LogP contribution is 2.33. The van der Waals surface area contributed by atoms with Crippen molar-refractivity contribution in [3.8, 4) is 11.3 Å². The number of aromatic nitrogens is 3. The van der Waals surface area contributed by atoms with Crippen molar-refractivity contribution in [1.82, 2.24) is 19.9 Å². The van der Waals surface area contributed by atoms with Gasteiger partial charge in [-0.3, -0.25) is 14.5 Å². The van der Waals surface area contributed by atoms with E-state index >= 15 is 0 Å². The number of ketones is 1. The van der Waals surface area contributed by atoms with Crippen LogP contribution in [-0.2, 0) is 22.5 Å². The molecule has 4 heterocycles. The number of rotatable bonds is 9. The molecule has 0 spiro atoms. The fourth-order valence-electron chi connectivity index (χ4n) is 5.42. The maximum absolute atomic E-state index is 14.4. The first kappa shape index (κ1) is 28.3. The second-order valence-electron chi connectivity index (χ2n) is 10.7. The number of likely N-dealkylation sites (tertiary alicyclic amines) is 1. The molecule has 10 heteroatoms. The average molecular weight is 566 g/mol. The monoisotopic (exact) mass is 565 g/mol. The van der Waals surface area contributed by atoms with Crippen LogP contribution in [0.5, 0.6) is 0 Å². The van der Waals surface area contributed by atoms with Crippen LogP contribution in [0.2, 0.25) is 0 Å². The maximum atomic E-state index is 14.4. The van der Waals surface area contributed by atoms with E-state index in [4.69, 9.17) is 9.72 Å². The van der Waals surface area contributed by atoms with Crippen molar-refractivity contribution in [3.05, 3.63) is 57.6 Å². The van der Waals surface area contributed by atoms with Gasteiger partial charge in [0.05, 0.1) is 37.0 Å². The number of anilines is 1. The number of carbonyl (C=O) groups is 2. The maximum Gasteiger partial charge on any atom is 0.309 e. The molecule has 2 aromatic heterocycles. The lowest BCUT2D eigenvalue weighted by molar-refractivity contribution is -0.148. The van der Waals surface area contributed by atoms with Crippen LogP contribution < -0.4 is 4.90 Å². The number of carbonyl (C=O) groups excluding carboxylic acids is 2. The molecule has 2 aliphatic heterocycles. The van der Waals surface area contributed by atoms with E-state index in [-0.39, 0.29) is 35.6 Å². The Labute approximate surface area is 238 Å². The zero-order valence-corrected chi connectivity index (χ0v) is 24.2. The predicted octanol–water partition coefficient (Wildman–Crippen LogP) is 5.24. The number of thiazole rings is 1. The van der Waals surface area contributed by atoms with Crippen molar-refractivity contribution < 1.29 is 18.7 Å². The summed E-state index contributed by atoms with van der Waals surface area (Å²) in [6.07, 6.45) is 7.00. The number of hydrogen-bond donors (Lipinski definition) is 0. The van der Waals surface area contributed by atoms with Crippen LogP contribution in [0, 0.1) is 18.7 Å². The van der Waals surface area contributed by atoms with E-state index < -0.39 is 0 Å². The molecule has 0 aliphatic carbocycles. The van der Waals surface area contributed by atoms with Gasteiger partial charge in [-0.25, -0.2) is 19.3 Å². The van der Waals surface area contributed by atoms with Crippen molar-refractivity contribution in [3.63, 3.8) is 0 Å². The number of piperidine rings is 1. The smallest absolute Gasteiger partial charge is 0.309 e. The van der Waals surface area contributed by atoms with Gasteiger partial charge in [-0.05, 0) is 64.6 Å². The van der Waals surface area contributed by atoms with Crippen LogP contribution in [0.3, 0.4) is 0 Å².